The number of halogens is 1. The van der Waals surface area contributed by atoms with E-state index in [2.05, 4.69) is 0 Å². The highest BCUT2D eigenvalue weighted by molar-refractivity contribution is 6.19. The molecule has 1 heterocycles. The molecule has 0 aliphatic carbocycles. The number of carbonyl (C=O) groups is 1. The van der Waals surface area contributed by atoms with Crippen LogP contribution in [0.4, 0.5) is 5.69 Å². The molecule has 0 spiro atoms. The number of furan rings is 1. The number of hydrogen-bond acceptors (Lipinski definition) is 2. The van der Waals surface area contributed by atoms with Crippen molar-refractivity contribution >= 4 is 34.2 Å². The van der Waals surface area contributed by atoms with Crippen LogP contribution in [0.15, 0.2) is 34.9 Å². The average molecular weight is 238 g/mol. The van der Waals surface area contributed by atoms with Crippen LogP contribution in [-0.4, -0.2) is 18.8 Å². The maximum atomic E-state index is 11.7. The van der Waals surface area contributed by atoms with Crippen molar-refractivity contribution in [3.63, 3.8) is 0 Å². The average Bonchev–Trinajstić information content (AvgIpc) is 2.72. The lowest BCUT2D eigenvalue weighted by Crippen LogP contribution is -2.25. The fourth-order valence-corrected chi connectivity index (χ4v) is 1.77. The quantitative estimate of drug-likeness (QED) is 0.769. The van der Waals surface area contributed by atoms with Crippen molar-refractivity contribution in [3.05, 3.63) is 30.5 Å². The monoisotopic (exact) mass is 237 g/mol. The zero-order valence-electron chi connectivity index (χ0n) is 8.94. The van der Waals surface area contributed by atoms with E-state index in [4.69, 9.17) is 16.0 Å². The van der Waals surface area contributed by atoms with Gasteiger partial charge in [0.1, 0.15) is 11.8 Å². The fraction of sp³-hybridized carbons (Fsp3) is 0.250. The van der Waals surface area contributed by atoms with Crippen LogP contribution in [0.1, 0.15) is 6.42 Å². The second-order valence-electron chi connectivity index (χ2n) is 3.51. The van der Waals surface area contributed by atoms with E-state index in [0.717, 1.165) is 16.7 Å². The standard InChI is InChI=1S/C12H12ClNO2/c1-14(12(15)6-7-13)10-8-16-11-5-3-2-4-9(10)11/h2-5,8H,6-7H2,1H3. The van der Waals surface area contributed by atoms with Gasteiger partial charge < -0.3 is 9.32 Å². The lowest BCUT2D eigenvalue weighted by atomic mass is 10.2. The minimum atomic E-state index is -0.0125. The number of carbonyl (C=O) groups excluding carboxylic acids is 1. The third-order valence-electron chi connectivity index (χ3n) is 2.50. The fourth-order valence-electron chi connectivity index (χ4n) is 1.61. The normalized spacial score (nSPS) is 10.6. The molecule has 16 heavy (non-hydrogen) atoms. The molecule has 0 unspecified atom stereocenters. The lowest BCUT2D eigenvalue weighted by Gasteiger charge is -2.14. The minimum Gasteiger partial charge on any atom is -0.462 e. The van der Waals surface area contributed by atoms with Gasteiger partial charge >= 0.3 is 0 Å². The molecule has 1 amide bonds. The van der Waals surface area contributed by atoms with Crippen LogP contribution in [0.2, 0.25) is 0 Å². The summed E-state index contributed by atoms with van der Waals surface area (Å²) in [5.74, 6) is 0.320. The summed E-state index contributed by atoms with van der Waals surface area (Å²) in [5.41, 5.74) is 1.56. The highest BCUT2D eigenvalue weighted by Gasteiger charge is 2.15. The van der Waals surface area contributed by atoms with E-state index < -0.39 is 0 Å². The molecule has 0 saturated carbocycles. The summed E-state index contributed by atoms with van der Waals surface area (Å²) in [4.78, 5) is 13.3. The molecule has 0 fully saturated rings. The number of hydrogen-bond donors (Lipinski definition) is 0. The van der Waals surface area contributed by atoms with E-state index in [1.807, 2.05) is 24.3 Å². The van der Waals surface area contributed by atoms with Crippen molar-refractivity contribution in [2.24, 2.45) is 0 Å². The van der Waals surface area contributed by atoms with Gasteiger partial charge in [-0.15, -0.1) is 11.6 Å². The van der Waals surface area contributed by atoms with Gasteiger partial charge in [0, 0.05) is 24.7 Å². The van der Waals surface area contributed by atoms with E-state index in [9.17, 15) is 4.79 Å². The van der Waals surface area contributed by atoms with Gasteiger partial charge in [-0.1, -0.05) is 12.1 Å². The van der Waals surface area contributed by atoms with E-state index in [1.54, 1.807) is 18.2 Å². The van der Waals surface area contributed by atoms with Gasteiger partial charge in [-0.25, -0.2) is 0 Å². The predicted octanol–water partition coefficient (Wildman–Crippen LogP) is 3.02. The third-order valence-corrected chi connectivity index (χ3v) is 2.69. The third kappa shape index (κ3) is 1.91. The molecule has 1 aromatic heterocycles. The van der Waals surface area contributed by atoms with Crippen molar-refractivity contribution in [2.45, 2.75) is 6.42 Å². The van der Waals surface area contributed by atoms with Crippen molar-refractivity contribution in [3.8, 4) is 0 Å². The van der Waals surface area contributed by atoms with E-state index in [1.165, 1.54) is 0 Å². The SMILES string of the molecule is CN(C(=O)CCCl)c1coc2ccccc12. The summed E-state index contributed by atoms with van der Waals surface area (Å²) in [7, 11) is 1.73. The van der Waals surface area contributed by atoms with Crippen LogP contribution < -0.4 is 4.90 Å². The Morgan fingerprint density at radius 1 is 1.44 bits per heavy atom. The summed E-state index contributed by atoms with van der Waals surface area (Å²) in [5, 5.41) is 0.938. The van der Waals surface area contributed by atoms with Gasteiger partial charge in [0.05, 0.1) is 5.69 Å². The van der Waals surface area contributed by atoms with Crippen LogP contribution in [0.5, 0.6) is 0 Å². The Bertz CT molecular complexity index is 506. The first kappa shape index (κ1) is 11.0. The topological polar surface area (TPSA) is 33.5 Å². The number of nitrogens with zero attached hydrogens (tertiary/aromatic N) is 1. The number of alkyl halides is 1. The van der Waals surface area contributed by atoms with E-state index >= 15 is 0 Å². The van der Waals surface area contributed by atoms with Crippen molar-refractivity contribution in [1.82, 2.24) is 0 Å². The highest BCUT2D eigenvalue weighted by atomic mass is 35.5. The van der Waals surface area contributed by atoms with Crippen LogP contribution >= 0.6 is 11.6 Å². The number of para-hydroxylation sites is 1. The van der Waals surface area contributed by atoms with Crippen LogP contribution in [0.25, 0.3) is 11.0 Å². The van der Waals surface area contributed by atoms with Crippen molar-refractivity contribution in [1.29, 1.82) is 0 Å². The number of anilines is 1. The van der Waals surface area contributed by atoms with Gasteiger partial charge in [0.15, 0.2) is 0 Å². The smallest absolute Gasteiger partial charge is 0.228 e. The molecule has 1 aromatic carbocycles. The zero-order valence-corrected chi connectivity index (χ0v) is 9.70. The van der Waals surface area contributed by atoms with Gasteiger partial charge in [-0.3, -0.25) is 4.79 Å². The minimum absolute atomic E-state index is 0.0125. The largest absolute Gasteiger partial charge is 0.462 e. The molecular formula is C12H12ClNO2. The molecule has 0 radical (unpaired) electrons. The molecule has 0 N–H and O–H groups in total. The molecule has 0 aliphatic rings. The van der Waals surface area contributed by atoms with Crippen LogP contribution in [-0.2, 0) is 4.79 Å². The summed E-state index contributed by atoms with van der Waals surface area (Å²) >= 11 is 5.55. The number of fused-ring (bicyclic) bond motifs is 1. The molecule has 3 nitrogen and oxygen atoms in total. The van der Waals surface area contributed by atoms with Crippen molar-refractivity contribution in [2.75, 3.05) is 17.8 Å². The van der Waals surface area contributed by atoms with Gasteiger partial charge in [0.2, 0.25) is 5.91 Å². The molecular weight excluding hydrogens is 226 g/mol. The molecule has 84 valence electrons. The first-order chi connectivity index (χ1) is 7.74. The maximum Gasteiger partial charge on any atom is 0.228 e. The summed E-state index contributed by atoms with van der Waals surface area (Å²) in [6.45, 7) is 0. The Labute approximate surface area is 98.6 Å². The van der Waals surface area contributed by atoms with Crippen LogP contribution in [0.3, 0.4) is 0 Å². The summed E-state index contributed by atoms with van der Waals surface area (Å²) < 4.78 is 5.37. The highest BCUT2D eigenvalue weighted by Crippen LogP contribution is 2.28. The second kappa shape index (κ2) is 4.58. The first-order valence-corrected chi connectivity index (χ1v) is 5.56. The van der Waals surface area contributed by atoms with Crippen LogP contribution in [0, 0.1) is 0 Å². The maximum absolute atomic E-state index is 11.7. The van der Waals surface area contributed by atoms with E-state index in [-0.39, 0.29) is 5.91 Å². The second-order valence-corrected chi connectivity index (χ2v) is 3.89. The Morgan fingerprint density at radius 3 is 2.94 bits per heavy atom. The Kier molecular flexibility index (Phi) is 3.15. The Hall–Kier alpha value is -1.48. The first-order valence-electron chi connectivity index (χ1n) is 5.03. The number of rotatable bonds is 3. The predicted molar refractivity (Wildman–Crippen MR) is 65.0 cm³/mol. The van der Waals surface area contributed by atoms with E-state index in [0.29, 0.717) is 12.3 Å². The van der Waals surface area contributed by atoms with Gasteiger partial charge in [0.25, 0.3) is 0 Å². The summed E-state index contributed by atoms with van der Waals surface area (Å²) in [6.07, 6.45) is 1.92. The lowest BCUT2D eigenvalue weighted by molar-refractivity contribution is -0.117. The molecule has 4 heteroatoms. The molecule has 0 bridgehead atoms. The molecule has 0 atom stereocenters. The van der Waals surface area contributed by atoms with Gasteiger partial charge in [-0.2, -0.15) is 0 Å². The molecule has 0 saturated heterocycles. The Balaban J connectivity index is 2.36. The zero-order chi connectivity index (χ0) is 11.5. The number of amides is 1. The Morgan fingerprint density at radius 2 is 2.19 bits per heavy atom. The van der Waals surface area contributed by atoms with Gasteiger partial charge in [-0.05, 0) is 12.1 Å². The number of benzene rings is 1. The summed E-state index contributed by atoms with van der Waals surface area (Å²) in [6, 6.07) is 7.62. The molecule has 2 rings (SSSR count). The van der Waals surface area contributed by atoms with Crippen molar-refractivity contribution < 1.29 is 9.21 Å². The molecule has 2 aromatic rings. The molecule has 0 aliphatic heterocycles.